The Kier molecular flexibility index (Phi) is 3.20. The predicted molar refractivity (Wildman–Crippen MR) is 71.6 cm³/mol. The summed E-state index contributed by atoms with van der Waals surface area (Å²) in [4.78, 5) is 12.1. The van der Waals surface area contributed by atoms with Gasteiger partial charge >= 0.3 is 0 Å². The van der Waals surface area contributed by atoms with Gasteiger partial charge in [0, 0.05) is 5.02 Å². The van der Waals surface area contributed by atoms with Gasteiger partial charge in [0.25, 0.3) is 5.56 Å². The Balaban J connectivity index is 2.82. The SMILES string of the molecule is C=CCn1c(=O)c2ccc(Cl)cc2n1CC=C. The van der Waals surface area contributed by atoms with Gasteiger partial charge in [-0.3, -0.25) is 9.48 Å². The van der Waals surface area contributed by atoms with E-state index in [1.165, 1.54) is 0 Å². The molecule has 0 aliphatic carbocycles. The van der Waals surface area contributed by atoms with Crippen LogP contribution < -0.4 is 5.56 Å². The number of allylic oxidation sites excluding steroid dienone is 2. The van der Waals surface area contributed by atoms with Crippen LogP contribution in [0.15, 0.2) is 48.3 Å². The highest BCUT2D eigenvalue weighted by atomic mass is 35.5. The van der Waals surface area contributed by atoms with Crippen molar-refractivity contribution in [3.05, 3.63) is 58.9 Å². The number of hydrogen-bond acceptors (Lipinski definition) is 1. The molecule has 0 saturated heterocycles. The topological polar surface area (TPSA) is 26.9 Å². The van der Waals surface area contributed by atoms with Crippen LogP contribution in [0.4, 0.5) is 0 Å². The van der Waals surface area contributed by atoms with Gasteiger partial charge in [-0.1, -0.05) is 23.8 Å². The zero-order valence-electron chi connectivity index (χ0n) is 9.40. The van der Waals surface area contributed by atoms with Gasteiger partial charge < -0.3 is 0 Å². The molecule has 0 aliphatic heterocycles. The van der Waals surface area contributed by atoms with Gasteiger partial charge in [0.15, 0.2) is 0 Å². The summed E-state index contributed by atoms with van der Waals surface area (Å²) in [5.41, 5.74) is 0.794. The van der Waals surface area contributed by atoms with E-state index in [0.717, 1.165) is 5.52 Å². The van der Waals surface area contributed by atoms with Crippen molar-refractivity contribution in [2.45, 2.75) is 13.1 Å². The van der Waals surface area contributed by atoms with Crippen molar-refractivity contribution < 1.29 is 0 Å². The molecule has 0 aliphatic rings. The Morgan fingerprint density at radius 3 is 2.47 bits per heavy atom. The van der Waals surface area contributed by atoms with Crippen LogP contribution >= 0.6 is 11.6 Å². The highest BCUT2D eigenvalue weighted by molar-refractivity contribution is 6.31. The normalized spacial score (nSPS) is 10.6. The Labute approximate surface area is 104 Å². The molecule has 0 spiro atoms. The molecule has 17 heavy (non-hydrogen) atoms. The smallest absolute Gasteiger partial charge is 0.274 e. The average Bonchev–Trinajstić information content (AvgIpc) is 2.55. The molecule has 4 heteroatoms. The molecular formula is C13H13ClN2O. The number of fused-ring (bicyclic) bond motifs is 1. The second-order valence-corrected chi connectivity index (χ2v) is 4.14. The standard InChI is InChI=1S/C13H13ClN2O/c1-3-7-15-12-9-10(14)5-6-11(12)13(17)16(15)8-4-2/h3-6,9H,1-2,7-8H2. The van der Waals surface area contributed by atoms with Gasteiger partial charge in [0.1, 0.15) is 0 Å². The van der Waals surface area contributed by atoms with Crippen LogP contribution in [0.1, 0.15) is 0 Å². The quantitative estimate of drug-likeness (QED) is 0.765. The van der Waals surface area contributed by atoms with E-state index in [4.69, 9.17) is 11.6 Å². The average molecular weight is 249 g/mol. The molecule has 0 amide bonds. The minimum atomic E-state index is -0.0292. The molecule has 0 bridgehead atoms. The lowest BCUT2D eigenvalue weighted by molar-refractivity contribution is 0.529. The molecule has 2 rings (SSSR count). The summed E-state index contributed by atoms with van der Waals surface area (Å²) in [7, 11) is 0. The van der Waals surface area contributed by atoms with Gasteiger partial charge in [-0.2, -0.15) is 0 Å². The second kappa shape index (κ2) is 4.63. The fourth-order valence-electron chi connectivity index (χ4n) is 1.90. The third-order valence-corrected chi connectivity index (χ3v) is 2.83. The highest BCUT2D eigenvalue weighted by Crippen LogP contribution is 2.17. The van der Waals surface area contributed by atoms with Crippen molar-refractivity contribution >= 4 is 22.5 Å². The number of rotatable bonds is 4. The lowest BCUT2D eigenvalue weighted by atomic mass is 10.2. The third kappa shape index (κ3) is 1.94. The zero-order chi connectivity index (χ0) is 12.4. The Bertz CT molecular complexity index is 637. The molecule has 0 atom stereocenters. The summed E-state index contributed by atoms with van der Waals surface area (Å²) < 4.78 is 3.49. The van der Waals surface area contributed by atoms with E-state index in [2.05, 4.69) is 13.2 Å². The first-order valence-corrected chi connectivity index (χ1v) is 5.67. The first-order chi connectivity index (χ1) is 8.19. The van der Waals surface area contributed by atoms with Crippen LogP contribution in [0, 0.1) is 0 Å². The number of halogens is 1. The lowest BCUT2D eigenvalue weighted by Crippen LogP contribution is -2.22. The first kappa shape index (κ1) is 11.7. The van der Waals surface area contributed by atoms with Gasteiger partial charge in [-0.15, -0.1) is 13.2 Å². The summed E-state index contributed by atoms with van der Waals surface area (Å²) in [6.07, 6.45) is 3.45. The molecule has 1 aromatic carbocycles. The van der Waals surface area contributed by atoms with E-state index in [1.54, 1.807) is 35.0 Å². The van der Waals surface area contributed by atoms with Crippen LogP contribution in [0.25, 0.3) is 10.9 Å². The molecule has 88 valence electrons. The summed E-state index contributed by atoms with van der Waals surface area (Å²) in [5, 5.41) is 1.28. The van der Waals surface area contributed by atoms with Crippen LogP contribution in [-0.4, -0.2) is 9.36 Å². The van der Waals surface area contributed by atoms with Gasteiger partial charge in [0.05, 0.1) is 24.0 Å². The maximum absolute atomic E-state index is 12.1. The van der Waals surface area contributed by atoms with Crippen LogP contribution in [0.2, 0.25) is 5.02 Å². The molecule has 1 aromatic heterocycles. The van der Waals surface area contributed by atoms with Crippen LogP contribution in [0.3, 0.4) is 0 Å². The molecule has 2 aromatic rings. The molecule has 0 radical (unpaired) electrons. The van der Waals surface area contributed by atoms with Crippen molar-refractivity contribution in [2.24, 2.45) is 0 Å². The number of benzene rings is 1. The monoisotopic (exact) mass is 248 g/mol. The van der Waals surface area contributed by atoms with Gasteiger partial charge in [-0.25, -0.2) is 4.68 Å². The molecule has 3 nitrogen and oxygen atoms in total. The largest absolute Gasteiger partial charge is 0.278 e. The van der Waals surface area contributed by atoms with Gasteiger partial charge in [0.2, 0.25) is 0 Å². The van der Waals surface area contributed by atoms with E-state index < -0.39 is 0 Å². The lowest BCUT2D eigenvalue weighted by Gasteiger charge is -2.08. The molecule has 0 saturated carbocycles. The van der Waals surface area contributed by atoms with E-state index in [0.29, 0.717) is 23.5 Å². The zero-order valence-corrected chi connectivity index (χ0v) is 10.2. The fraction of sp³-hybridized carbons (Fsp3) is 0.154. The summed E-state index contributed by atoms with van der Waals surface area (Å²) >= 11 is 5.96. The van der Waals surface area contributed by atoms with Crippen LogP contribution in [0.5, 0.6) is 0 Å². The Hall–Kier alpha value is -1.74. The predicted octanol–water partition coefficient (Wildman–Crippen LogP) is 2.83. The highest BCUT2D eigenvalue weighted by Gasteiger charge is 2.11. The van der Waals surface area contributed by atoms with Crippen molar-refractivity contribution in [2.75, 3.05) is 0 Å². The number of hydrogen-bond donors (Lipinski definition) is 0. The Morgan fingerprint density at radius 2 is 1.82 bits per heavy atom. The van der Waals surface area contributed by atoms with Crippen molar-refractivity contribution in [3.8, 4) is 0 Å². The minimum absolute atomic E-state index is 0.0292. The molecule has 0 N–H and O–H groups in total. The third-order valence-electron chi connectivity index (χ3n) is 2.60. The van der Waals surface area contributed by atoms with E-state index in [-0.39, 0.29) is 5.56 Å². The molecule has 0 unspecified atom stereocenters. The van der Waals surface area contributed by atoms with Crippen molar-refractivity contribution in [3.63, 3.8) is 0 Å². The summed E-state index contributed by atoms with van der Waals surface area (Å²) in [6.45, 7) is 8.40. The minimum Gasteiger partial charge on any atom is -0.278 e. The van der Waals surface area contributed by atoms with E-state index >= 15 is 0 Å². The van der Waals surface area contributed by atoms with Crippen LogP contribution in [-0.2, 0) is 13.1 Å². The van der Waals surface area contributed by atoms with E-state index in [9.17, 15) is 4.79 Å². The number of aromatic nitrogens is 2. The first-order valence-electron chi connectivity index (χ1n) is 5.29. The maximum Gasteiger partial charge on any atom is 0.274 e. The second-order valence-electron chi connectivity index (χ2n) is 3.71. The molecule has 0 fully saturated rings. The van der Waals surface area contributed by atoms with E-state index in [1.807, 2.05) is 4.68 Å². The number of nitrogens with zero attached hydrogens (tertiary/aromatic N) is 2. The van der Waals surface area contributed by atoms with Crippen molar-refractivity contribution in [1.82, 2.24) is 9.36 Å². The van der Waals surface area contributed by atoms with Crippen molar-refractivity contribution in [1.29, 1.82) is 0 Å². The molecular weight excluding hydrogens is 236 g/mol. The van der Waals surface area contributed by atoms with Gasteiger partial charge in [-0.05, 0) is 18.2 Å². The maximum atomic E-state index is 12.1. The summed E-state index contributed by atoms with van der Waals surface area (Å²) in [5.74, 6) is 0. The summed E-state index contributed by atoms with van der Waals surface area (Å²) in [6, 6.07) is 5.27. The Morgan fingerprint density at radius 1 is 1.18 bits per heavy atom. The molecule has 1 heterocycles. The fourth-order valence-corrected chi connectivity index (χ4v) is 2.07.